The minimum Gasteiger partial charge on any atom is -0.504 e. The minimum atomic E-state index is -1.13. The lowest BCUT2D eigenvalue weighted by molar-refractivity contribution is -0.144. The molecule has 0 bridgehead atoms. The first kappa shape index (κ1) is 27.9. The number of allylic oxidation sites excluding steroid dienone is 2. The van der Waals surface area contributed by atoms with Gasteiger partial charge in [0, 0.05) is 12.0 Å². The molecule has 1 N–H and O–H groups in total. The number of amides is 4. The molecule has 2 aromatic rings. The maximum atomic E-state index is 14.5. The fourth-order valence-electron chi connectivity index (χ4n) is 8.92. The normalized spacial score (nSPS) is 32.4. The summed E-state index contributed by atoms with van der Waals surface area (Å²) in [4.78, 5) is 59.6. The second-order valence-corrected chi connectivity index (χ2v) is 13.0. The summed E-state index contributed by atoms with van der Waals surface area (Å²) in [6, 6.07) is 14.1. The molecule has 2 saturated heterocycles. The van der Waals surface area contributed by atoms with Crippen molar-refractivity contribution in [2.24, 2.45) is 29.1 Å². The van der Waals surface area contributed by atoms with E-state index in [0.717, 1.165) is 43.2 Å². The van der Waals surface area contributed by atoms with Gasteiger partial charge in [0.1, 0.15) is 0 Å². The maximum absolute atomic E-state index is 14.5. The number of fused-ring (bicyclic) bond motifs is 4. The van der Waals surface area contributed by atoms with Crippen LogP contribution in [-0.2, 0) is 19.2 Å². The average molecular weight is 583 g/mol. The first-order valence-electron chi connectivity index (χ1n) is 15.7. The summed E-state index contributed by atoms with van der Waals surface area (Å²) in [5, 5.41) is 10.5. The highest BCUT2D eigenvalue weighted by Gasteiger charge is 2.67. The molecule has 6 unspecified atom stereocenters. The van der Waals surface area contributed by atoms with Crippen LogP contribution in [0, 0.1) is 29.1 Å². The Balaban J connectivity index is 1.36. The van der Waals surface area contributed by atoms with E-state index in [2.05, 4.69) is 6.08 Å². The molecule has 6 atom stereocenters. The van der Waals surface area contributed by atoms with Crippen LogP contribution in [0.1, 0.15) is 70.3 Å². The van der Waals surface area contributed by atoms with Gasteiger partial charge in [0.2, 0.25) is 23.6 Å². The van der Waals surface area contributed by atoms with Gasteiger partial charge in [0.25, 0.3) is 0 Å². The molecule has 8 nitrogen and oxygen atoms in total. The van der Waals surface area contributed by atoms with Crippen LogP contribution >= 0.6 is 0 Å². The predicted molar refractivity (Wildman–Crippen MR) is 159 cm³/mol. The largest absolute Gasteiger partial charge is 0.504 e. The van der Waals surface area contributed by atoms with E-state index in [1.54, 1.807) is 35.2 Å². The summed E-state index contributed by atoms with van der Waals surface area (Å²) in [5.74, 6) is -2.97. The summed E-state index contributed by atoms with van der Waals surface area (Å²) >= 11 is 0. The SMILES string of the molecule is CCOc1cc(C2C3=CCC4C(=O)N(C5CCCCC5)C(=O)C4C3CC3C(=O)N(c4ccccc4)C(=O)C32C)ccc1O. The van der Waals surface area contributed by atoms with Gasteiger partial charge in [0.15, 0.2) is 11.5 Å². The highest BCUT2D eigenvalue weighted by atomic mass is 16.5. The summed E-state index contributed by atoms with van der Waals surface area (Å²) in [7, 11) is 0. The number of anilines is 1. The van der Waals surface area contributed by atoms with E-state index < -0.39 is 29.1 Å². The van der Waals surface area contributed by atoms with Gasteiger partial charge in [-0.1, -0.05) is 55.2 Å². The van der Waals surface area contributed by atoms with Gasteiger partial charge in [-0.3, -0.25) is 24.1 Å². The zero-order valence-electron chi connectivity index (χ0n) is 24.7. The Morgan fingerprint density at radius 3 is 2.40 bits per heavy atom. The van der Waals surface area contributed by atoms with E-state index in [0.29, 0.717) is 30.9 Å². The molecule has 7 rings (SSSR count). The van der Waals surface area contributed by atoms with Crippen LogP contribution in [0.25, 0.3) is 0 Å². The number of aromatic hydroxyl groups is 1. The summed E-state index contributed by atoms with van der Waals surface area (Å²) in [6.07, 6.45) is 7.69. The number of benzene rings is 2. The van der Waals surface area contributed by atoms with Crippen LogP contribution in [0.2, 0.25) is 0 Å². The Bertz CT molecular complexity index is 1530. The molecular weight excluding hydrogens is 544 g/mol. The minimum absolute atomic E-state index is 0.00298. The average Bonchev–Trinajstić information content (AvgIpc) is 3.39. The number of ether oxygens (including phenoxy) is 1. The van der Waals surface area contributed by atoms with E-state index in [9.17, 15) is 24.3 Å². The summed E-state index contributed by atoms with van der Waals surface area (Å²) < 4.78 is 5.73. The number of nitrogens with zero attached hydrogens (tertiary/aromatic N) is 2. The monoisotopic (exact) mass is 582 g/mol. The fraction of sp³-hybridized carbons (Fsp3) is 0.486. The second kappa shape index (κ2) is 10.4. The number of rotatable bonds is 5. The van der Waals surface area contributed by atoms with Crippen molar-refractivity contribution in [1.29, 1.82) is 0 Å². The number of hydrogen-bond donors (Lipinski definition) is 1. The highest BCUT2D eigenvalue weighted by Crippen LogP contribution is 2.64. The Morgan fingerprint density at radius 2 is 1.67 bits per heavy atom. The summed E-state index contributed by atoms with van der Waals surface area (Å²) in [6.45, 7) is 4.06. The maximum Gasteiger partial charge on any atom is 0.241 e. The first-order valence-corrected chi connectivity index (χ1v) is 15.7. The molecule has 2 heterocycles. The topological polar surface area (TPSA) is 104 Å². The van der Waals surface area contributed by atoms with Crippen LogP contribution in [0.15, 0.2) is 60.2 Å². The van der Waals surface area contributed by atoms with Crippen molar-refractivity contribution in [2.45, 2.75) is 70.8 Å². The van der Waals surface area contributed by atoms with Gasteiger partial charge < -0.3 is 9.84 Å². The number of carbonyl (C=O) groups excluding carboxylic acids is 4. The van der Waals surface area contributed by atoms with Crippen molar-refractivity contribution in [1.82, 2.24) is 4.90 Å². The second-order valence-electron chi connectivity index (χ2n) is 13.0. The smallest absolute Gasteiger partial charge is 0.241 e. The number of phenolic OH excluding ortho intramolecular Hbond substituents is 1. The molecule has 43 heavy (non-hydrogen) atoms. The molecule has 8 heteroatoms. The van der Waals surface area contributed by atoms with Crippen molar-refractivity contribution >= 4 is 29.3 Å². The Morgan fingerprint density at radius 1 is 0.930 bits per heavy atom. The number of hydrogen-bond acceptors (Lipinski definition) is 6. The summed E-state index contributed by atoms with van der Waals surface area (Å²) in [5.41, 5.74) is 1.09. The van der Waals surface area contributed by atoms with Crippen LogP contribution in [0.4, 0.5) is 5.69 Å². The molecule has 2 saturated carbocycles. The standard InChI is InChI=1S/C35H38N2O6/c1-3-43-28-18-20(14-17-27(28)38)30-23-15-16-24-29(33(41)36(31(24)39)21-10-6-4-7-11-21)25(23)19-26-32(40)37(34(42)35(26,30)2)22-12-8-5-9-13-22/h5,8-9,12-15,17-18,21,24-26,29-30,38H,3-4,6-7,10-11,16,19H2,1-2H3. The van der Waals surface area contributed by atoms with Crippen molar-refractivity contribution in [3.8, 4) is 11.5 Å². The number of imide groups is 2. The molecule has 2 aliphatic heterocycles. The Hall–Kier alpha value is -3.94. The molecule has 224 valence electrons. The van der Waals surface area contributed by atoms with E-state index in [-0.39, 0.29) is 41.3 Å². The van der Waals surface area contributed by atoms with Crippen LogP contribution in [0.3, 0.4) is 0 Å². The lowest BCUT2D eigenvalue weighted by Gasteiger charge is -2.49. The van der Waals surface area contributed by atoms with Gasteiger partial charge >= 0.3 is 0 Å². The molecule has 3 aliphatic carbocycles. The van der Waals surface area contributed by atoms with Gasteiger partial charge in [-0.05, 0) is 75.3 Å². The molecule has 4 amide bonds. The molecule has 5 aliphatic rings. The number of phenols is 1. The molecule has 2 aromatic carbocycles. The first-order chi connectivity index (χ1) is 20.8. The van der Waals surface area contributed by atoms with Crippen molar-refractivity contribution < 1.29 is 29.0 Å². The van der Waals surface area contributed by atoms with Gasteiger partial charge in [-0.2, -0.15) is 0 Å². The third-order valence-corrected chi connectivity index (χ3v) is 10.9. The molecule has 0 aromatic heterocycles. The lowest BCUT2D eigenvalue weighted by Crippen LogP contribution is -2.49. The van der Waals surface area contributed by atoms with Crippen LogP contribution < -0.4 is 9.64 Å². The Labute approximate surface area is 251 Å². The van der Waals surface area contributed by atoms with Crippen molar-refractivity contribution in [3.63, 3.8) is 0 Å². The molecule has 0 spiro atoms. The van der Waals surface area contributed by atoms with E-state index in [1.807, 2.05) is 32.0 Å². The quantitative estimate of drug-likeness (QED) is 0.376. The van der Waals surface area contributed by atoms with E-state index >= 15 is 0 Å². The zero-order valence-corrected chi connectivity index (χ0v) is 24.7. The van der Waals surface area contributed by atoms with E-state index in [1.165, 1.54) is 4.90 Å². The molecule has 4 fully saturated rings. The molecular formula is C35H38N2O6. The van der Waals surface area contributed by atoms with Crippen molar-refractivity contribution in [2.75, 3.05) is 11.5 Å². The van der Waals surface area contributed by atoms with Gasteiger partial charge in [0.05, 0.1) is 35.5 Å². The number of carbonyl (C=O) groups is 4. The van der Waals surface area contributed by atoms with Gasteiger partial charge in [-0.15, -0.1) is 0 Å². The number of likely N-dealkylation sites (tertiary alicyclic amines) is 1. The highest BCUT2D eigenvalue weighted by molar-refractivity contribution is 6.24. The van der Waals surface area contributed by atoms with E-state index in [4.69, 9.17) is 4.74 Å². The zero-order chi connectivity index (χ0) is 30.0. The predicted octanol–water partition coefficient (Wildman–Crippen LogP) is 5.35. The van der Waals surface area contributed by atoms with Crippen molar-refractivity contribution in [3.05, 3.63) is 65.7 Å². The van der Waals surface area contributed by atoms with Crippen LogP contribution in [0.5, 0.6) is 11.5 Å². The fourth-order valence-corrected chi connectivity index (χ4v) is 8.92. The molecule has 0 radical (unpaired) electrons. The third-order valence-electron chi connectivity index (χ3n) is 10.9. The lowest BCUT2D eigenvalue weighted by atomic mass is 9.51. The number of para-hydroxylation sites is 1. The third kappa shape index (κ3) is 4.01. The Kier molecular flexibility index (Phi) is 6.71. The van der Waals surface area contributed by atoms with Crippen LogP contribution in [-0.4, -0.2) is 46.3 Å². The van der Waals surface area contributed by atoms with Gasteiger partial charge in [-0.25, -0.2) is 4.90 Å².